The van der Waals surface area contributed by atoms with Gasteiger partial charge in [-0.25, -0.2) is 5.10 Å². The molecule has 0 saturated carbocycles. The summed E-state index contributed by atoms with van der Waals surface area (Å²) in [5, 5.41) is 30.8. The average molecular weight is 505 g/mol. The van der Waals surface area contributed by atoms with Crippen LogP contribution >= 0.6 is 24.0 Å². The highest BCUT2D eigenvalue weighted by Crippen LogP contribution is 2.34. The Morgan fingerprint density at radius 1 is 1.29 bits per heavy atom. The molecule has 0 spiro atoms. The Bertz CT molecular complexity index is 1420. The molecule has 0 unspecified atom stereocenters. The van der Waals surface area contributed by atoms with Crippen molar-refractivity contribution in [2.24, 2.45) is 12.1 Å². The van der Waals surface area contributed by atoms with Crippen LogP contribution in [0.4, 0.5) is 14.5 Å². The first-order valence-corrected chi connectivity index (χ1v) is 10.6. The van der Waals surface area contributed by atoms with Crippen molar-refractivity contribution in [2.75, 3.05) is 0 Å². The predicted octanol–water partition coefficient (Wildman–Crippen LogP) is 4.28. The van der Waals surface area contributed by atoms with E-state index >= 15 is 0 Å². The lowest BCUT2D eigenvalue weighted by atomic mass is 10.2. The summed E-state index contributed by atoms with van der Waals surface area (Å²) in [5.41, 5.74) is 0.860. The summed E-state index contributed by atoms with van der Waals surface area (Å²) in [4.78, 5) is 11.5. The molecule has 4 rings (SSSR count). The van der Waals surface area contributed by atoms with E-state index in [-0.39, 0.29) is 16.2 Å². The lowest BCUT2D eigenvalue weighted by Gasteiger charge is -2.05. The van der Waals surface area contributed by atoms with Crippen molar-refractivity contribution in [2.45, 2.75) is 16.7 Å². The zero-order chi connectivity index (χ0) is 24.2. The molecule has 0 aliphatic heterocycles. The Hall–Kier alpha value is -3.98. The highest BCUT2D eigenvalue weighted by molar-refractivity contribution is 7.99. The Morgan fingerprint density at radius 2 is 2.06 bits per heavy atom. The number of hydrogen-bond acceptors (Lipinski definition) is 9. The van der Waals surface area contributed by atoms with Crippen LogP contribution in [0.1, 0.15) is 5.56 Å². The molecule has 2 aromatic carbocycles. The smallest absolute Gasteiger partial charge is 0.387 e. The van der Waals surface area contributed by atoms with E-state index in [1.54, 1.807) is 23.7 Å². The first-order chi connectivity index (χ1) is 16.3. The second kappa shape index (κ2) is 9.88. The molecule has 11 nitrogen and oxygen atoms in total. The Morgan fingerprint density at radius 3 is 2.71 bits per heavy atom. The number of benzene rings is 2. The first-order valence-electron chi connectivity index (χ1n) is 9.39. The molecule has 0 aliphatic rings. The van der Waals surface area contributed by atoms with Crippen LogP contribution in [0.5, 0.6) is 5.75 Å². The number of aromatic nitrogens is 6. The molecule has 0 bridgehead atoms. The largest absolute Gasteiger partial charge is 0.435 e. The van der Waals surface area contributed by atoms with Crippen molar-refractivity contribution in [1.82, 2.24) is 29.6 Å². The van der Waals surface area contributed by atoms with Crippen LogP contribution in [-0.2, 0) is 7.05 Å². The van der Waals surface area contributed by atoms with Crippen LogP contribution in [-0.4, -0.2) is 47.4 Å². The normalized spacial score (nSPS) is 11.4. The van der Waals surface area contributed by atoms with Gasteiger partial charge in [-0.2, -0.15) is 23.7 Å². The Kier molecular flexibility index (Phi) is 6.74. The lowest BCUT2D eigenvalue weighted by molar-refractivity contribution is -0.387. The zero-order valence-electron chi connectivity index (χ0n) is 17.2. The van der Waals surface area contributed by atoms with Gasteiger partial charge in [0.25, 0.3) is 5.69 Å². The van der Waals surface area contributed by atoms with Gasteiger partial charge in [0.1, 0.15) is 12.1 Å². The number of hydrogen-bond donors (Lipinski definition) is 1. The molecular formula is C19H14F2N8O3S2. The van der Waals surface area contributed by atoms with Gasteiger partial charge in [0, 0.05) is 24.2 Å². The molecule has 1 N–H and O–H groups in total. The first kappa shape index (κ1) is 23.2. The number of nitro benzene ring substituents is 1. The maximum Gasteiger partial charge on any atom is 0.387 e. The predicted molar refractivity (Wildman–Crippen MR) is 121 cm³/mol. The number of halogens is 2. The van der Waals surface area contributed by atoms with Gasteiger partial charge >= 0.3 is 6.61 Å². The second-order valence-corrected chi connectivity index (χ2v) is 8.02. The maximum absolute atomic E-state index is 12.4. The van der Waals surface area contributed by atoms with Crippen molar-refractivity contribution in [3.8, 4) is 17.1 Å². The molecule has 34 heavy (non-hydrogen) atoms. The van der Waals surface area contributed by atoms with E-state index in [4.69, 9.17) is 12.2 Å². The number of ether oxygens (including phenoxy) is 1. The van der Waals surface area contributed by atoms with Crippen molar-refractivity contribution >= 4 is 35.9 Å². The van der Waals surface area contributed by atoms with E-state index < -0.39 is 11.5 Å². The van der Waals surface area contributed by atoms with Gasteiger partial charge in [0.2, 0.25) is 4.77 Å². The van der Waals surface area contributed by atoms with Gasteiger partial charge in [-0.1, -0.05) is 6.07 Å². The third-order valence-corrected chi connectivity index (χ3v) is 5.74. The highest BCUT2D eigenvalue weighted by atomic mass is 32.2. The van der Waals surface area contributed by atoms with E-state index in [1.807, 2.05) is 0 Å². The van der Waals surface area contributed by atoms with Crippen LogP contribution in [0.15, 0.2) is 63.9 Å². The summed E-state index contributed by atoms with van der Waals surface area (Å²) in [6.45, 7) is -2.93. The van der Waals surface area contributed by atoms with Crippen molar-refractivity contribution < 1.29 is 18.4 Å². The van der Waals surface area contributed by atoms with Gasteiger partial charge in [-0.15, -0.1) is 10.2 Å². The third-order valence-electron chi connectivity index (χ3n) is 4.36. The van der Waals surface area contributed by atoms with Crippen molar-refractivity contribution in [3.05, 3.63) is 69.2 Å². The number of nitro groups is 1. The van der Waals surface area contributed by atoms with Crippen molar-refractivity contribution in [3.63, 3.8) is 0 Å². The Balaban J connectivity index is 1.61. The molecule has 15 heteroatoms. The molecular weight excluding hydrogens is 490 g/mol. The van der Waals surface area contributed by atoms with Crippen LogP contribution in [0.2, 0.25) is 0 Å². The zero-order valence-corrected chi connectivity index (χ0v) is 18.8. The molecule has 0 radical (unpaired) electrons. The number of nitrogens with zero attached hydrogens (tertiary/aromatic N) is 7. The quantitative estimate of drug-likeness (QED) is 0.163. The van der Waals surface area contributed by atoms with Crippen LogP contribution < -0.4 is 4.74 Å². The van der Waals surface area contributed by atoms with Crippen LogP contribution in [0.3, 0.4) is 0 Å². The minimum atomic E-state index is -2.93. The van der Waals surface area contributed by atoms with E-state index in [9.17, 15) is 18.9 Å². The number of nitrogens with one attached hydrogen (secondary N) is 1. The number of aryl methyl sites for hydroxylation is 1. The molecule has 4 aromatic rings. The number of alkyl halides is 2. The molecule has 0 fully saturated rings. The molecule has 0 aliphatic carbocycles. The molecule has 174 valence electrons. The van der Waals surface area contributed by atoms with E-state index in [0.29, 0.717) is 27.0 Å². The number of aromatic amines is 1. The minimum absolute atomic E-state index is 0.00507. The second-order valence-electron chi connectivity index (χ2n) is 6.62. The molecule has 0 amide bonds. The summed E-state index contributed by atoms with van der Waals surface area (Å²) in [6.07, 6.45) is 2.90. The fraction of sp³-hybridized carbons (Fsp3) is 0.105. The molecule has 0 atom stereocenters. The summed E-state index contributed by atoms with van der Waals surface area (Å²) in [5.74, 6) is 0.309. The third kappa shape index (κ3) is 5.15. The number of rotatable bonds is 8. The van der Waals surface area contributed by atoms with Gasteiger partial charge in [0.05, 0.1) is 16.0 Å². The van der Waals surface area contributed by atoms with Gasteiger partial charge in [0.15, 0.2) is 11.0 Å². The van der Waals surface area contributed by atoms with Gasteiger partial charge in [-0.3, -0.25) is 10.1 Å². The van der Waals surface area contributed by atoms with E-state index in [1.165, 1.54) is 47.5 Å². The molecule has 0 saturated heterocycles. The average Bonchev–Trinajstić information content (AvgIpc) is 3.38. The summed E-state index contributed by atoms with van der Waals surface area (Å²) in [7, 11) is 1.74. The maximum atomic E-state index is 12.4. The van der Waals surface area contributed by atoms with Crippen LogP contribution in [0.25, 0.3) is 11.4 Å². The highest BCUT2D eigenvalue weighted by Gasteiger charge is 2.18. The van der Waals surface area contributed by atoms with Gasteiger partial charge in [-0.05, 0) is 54.3 Å². The standard InChI is InChI=1S/C19H14F2N8O3S2/c1-27-10-22-26-19(27)34-15-7-2-11(8-14(15)29(30)31)9-23-28-16(24-25-18(28)33)12-3-5-13(6-4-12)32-17(20)21/h2-10,17H,1H3,(H,25,33). The minimum Gasteiger partial charge on any atom is -0.435 e. The topological polar surface area (TPSA) is 129 Å². The van der Waals surface area contributed by atoms with E-state index in [0.717, 1.165) is 11.8 Å². The monoisotopic (exact) mass is 504 g/mol. The summed E-state index contributed by atoms with van der Waals surface area (Å²) in [6, 6.07) is 10.4. The van der Waals surface area contributed by atoms with E-state index in [2.05, 4.69) is 30.2 Å². The molecule has 2 aromatic heterocycles. The van der Waals surface area contributed by atoms with Crippen molar-refractivity contribution in [1.29, 1.82) is 0 Å². The van der Waals surface area contributed by atoms with Crippen LogP contribution in [0, 0.1) is 14.9 Å². The fourth-order valence-electron chi connectivity index (χ4n) is 2.80. The summed E-state index contributed by atoms with van der Waals surface area (Å²) >= 11 is 6.33. The summed E-state index contributed by atoms with van der Waals surface area (Å²) < 4.78 is 32.2. The number of H-pyrrole nitrogens is 1. The SMILES string of the molecule is Cn1cnnc1Sc1ccc(C=Nn2c(-c3ccc(OC(F)F)cc3)n[nH]c2=S)cc1[N+](=O)[O-]. The lowest BCUT2D eigenvalue weighted by Crippen LogP contribution is -2.01. The molecule has 2 heterocycles. The Labute approximate surface area is 199 Å². The fourth-order valence-corrected chi connectivity index (χ4v) is 3.83. The van der Waals surface area contributed by atoms with Gasteiger partial charge < -0.3 is 9.30 Å².